The number of halogens is 1. The van der Waals surface area contributed by atoms with Gasteiger partial charge in [-0.1, -0.05) is 17.7 Å². The third-order valence-corrected chi connectivity index (χ3v) is 2.51. The summed E-state index contributed by atoms with van der Waals surface area (Å²) in [6.45, 7) is 6.26. The van der Waals surface area contributed by atoms with Gasteiger partial charge in [0.15, 0.2) is 5.75 Å². The number of aromatic nitrogens is 2. The second-order valence-corrected chi connectivity index (χ2v) is 5.29. The van der Waals surface area contributed by atoms with Crippen LogP contribution in [0.25, 0.3) is 0 Å². The van der Waals surface area contributed by atoms with Crippen molar-refractivity contribution in [2.75, 3.05) is 0 Å². The number of benzene rings is 1. The molecule has 0 bridgehead atoms. The van der Waals surface area contributed by atoms with Gasteiger partial charge in [-0.2, -0.15) is 5.10 Å². The molecule has 0 N–H and O–H groups in total. The van der Waals surface area contributed by atoms with E-state index in [1.807, 2.05) is 29.1 Å². The van der Waals surface area contributed by atoms with Crippen molar-refractivity contribution in [3.8, 4) is 11.5 Å². The highest BCUT2D eigenvalue weighted by molar-refractivity contribution is 6.30. The predicted octanol–water partition coefficient (Wildman–Crippen LogP) is 4.08. The summed E-state index contributed by atoms with van der Waals surface area (Å²) in [5.41, 5.74) is -0.0457. The molecule has 0 amide bonds. The maximum absolute atomic E-state index is 5.89. The van der Waals surface area contributed by atoms with E-state index in [1.165, 1.54) is 0 Å². The van der Waals surface area contributed by atoms with E-state index in [1.54, 1.807) is 12.3 Å². The van der Waals surface area contributed by atoms with Crippen LogP contribution in [0.15, 0.2) is 36.7 Å². The Labute approximate surface area is 106 Å². The van der Waals surface area contributed by atoms with Crippen LogP contribution in [-0.4, -0.2) is 9.78 Å². The van der Waals surface area contributed by atoms with Gasteiger partial charge >= 0.3 is 0 Å². The Bertz CT molecular complexity index is 514. The average Bonchev–Trinajstić information content (AvgIpc) is 2.65. The molecule has 0 radical (unpaired) electrons. The zero-order chi connectivity index (χ0) is 12.5. The van der Waals surface area contributed by atoms with Gasteiger partial charge < -0.3 is 4.74 Å². The van der Waals surface area contributed by atoms with Gasteiger partial charge in [0.1, 0.15) is 5.75 Å². The minimum absolute atomic E-state index is 0.0457. The van der Waals surface area contributed by atoms with E-state index in [4.69, 9.17) is 16.3 Å². The Morgan fingerprint density at radius 1 is 1.24 bits per heavy atom. The highest BCUT2D eigenvalue weighted by Crippen LogP contribution is 2.25. The Kier molecular flexibility index (Phi) is 3.11. The molecule has 0 aliphatic heterocycles. The first-order chi connectivity index (χ1) is 7.95. The molecule has 2 rings (SSSR count). The third-order valence-electron chi connectivity index (χ3n) is 2.28. The second kappa shape index (κ2) is 4.41. The molecule has 17 heavy (non-hydrogen) atoms. The van der Waals surface area contributed by atoms with Crippen molar-refractivity contribution in [1.82, 2.24) is 9.78 Å². The van der Waals surface area contributed by atoms with Crippen molar-refractivity contribution in [2.45, 2.75) is 26.3 Å². The first-order valence-corrected chi connectivity index (χ1v) is 5.81. The van der Waals surface area contributed by atoms with E-state index in [2.05, 4.69) is 25.9 Å². The van der Waals surface area contributed by atoms with Crippen LogP contribution >= 0.6 is 11.6 Å². The third kappa shape index (κ3) is 3.01. The Hall–Kier alpha value is -1.48. The molecular weight excluding hydrogens is 236 g/mol. The summed E-state index contributed by atoms with van der Waals surface area (Å²) in [7, 11) is 0. The topological polar surface area (TPSA) is 27.1 Å². The molecule has 0 atom stereocenters. The summed E-state index contributed by atoms with van der Waals surface area (Å²) in [6.07, 6.45) is 3.58. The Morgan fingerprint density at radius 2 is 2.00 bits per heavy atom. The van der Waals surface area contributed by atoms with Gasteiger partial charge in [-0.3, -0.25) is 4.68 Å². The zero-order valence-corrected chi connectivity index (χ0v) is 10.9. The van der Waals surface area contributed by atoms with Crippen LogP contribution in [0.2, 0.25) is 5.02 Å². The van der Waals surface area contributed by atoms with Gasteiger partial charge in [0.25, 0.3) is 0 Å². The van der Waals surface area contributed by atoms with E-state index in [0.717, 1.165) is 0 Å². The fourth-order valence-electron chi connectivity index (χ4n) is 1.39. The van der Waals surface area contributed by atoms with E-state index in [-0.39, 0.29) is 5.54 Å². The van der Waals surface area contributed by atoms with E-state index < -0.39 is 0 Å². The first-order valence-electron chi connectivity index (χ1n) is 5.44. The molecule has 1 aromatic heterocycles. The van der Waals surface area contributed by atoms with E-state index >= 15 is 0 Å². The van der Waals surface area contributed by atoms with Crippen molar-refractivity contribution >= 4 is 11.6 Å². The van der Waals surface area contributed by atoms with Crippen molar-refractivity contribution in [3.05, 3.63) is 41.7 Å². The van der Waals surface area contributed by atoms with Crippen LogP contribution in [-0.2, 0) is 5.54 Å². The van der Waals surface area contributed by atoms with E-state index in [9.17, 15) is 0 Å². The molecule has 0 saturated carbocycles. The lowest BCUT2D eigenvalue weighted by Gasteiger charge is -2.18. The minimum Gasteiger partial charge on any atom is -0.454 e. The lowest BCUT2D eigenvalue weighted by molar-refractivity contribution is 0.353. The standard InChI is InChI=1S/C13H15ClN2O/c1-13(2,3)16-9-12(8-15-16)17-11-6-4-5-10(14)7-11/h4-9H,1-3H3. The van der Waals surface area contributed by atoms with Gasteiger partial charge in [-0.15, -0.1) is 0 Å². The summed E-state index contributed by atoms with van der Waals surface area (Å²) < 4.78 is 7.54. The predicted molar refractivity (Wildman–Crippen MR) is 68.7 cm³/mol. The fourth-order valence-corrected chi connectivity index (χ4v) is 1.57. The molecule has 2 aromatic rings. The van der Waals surface area contributed by atoms with Crippen LogP contribution < -0.4 is 4.74 Å². The normalized spacial score (nSPS) is 11.5. The summed E-state index contributed by atoms with van der Waals surface area (Å²) in [5.74, 6) is 1.42. The lowest BCUT2D eigenvalue weighted by atomic mass is 10.1. The summed E-state index contributed by atoms with van der Waals surface area (Å²) in [5, 5.41) is 4.92. The minimum atomic E-state index is -0.0457. The van der Waals surface area contributed by atoms with Crippen molar-refractivity contribution in [2.24, 2.45) is 0 Å². The fraction of sp³-hybridized carbons (Fsp3) is 0.308. The molecule has 0 fully saturated rings. The van der Waals surface area contributed by atoms with Gasteiger partial charge in [-0.25, -0.2) is 0 Å². The highest BCUT2D eigenvalue weighted by Gasteiger charge is 2.14. The maximum Gasteiger partial charge on any atom is 0.165 e. The largest absolute Gasteiger partial charge is 0.454 e. The highest BCUT2D eigenvalue weighted by atomic mass is 35.5. The van der Waals surface area contributed by atoms with Crippen molar-refractivity contribution in [1.29, 1.82) is 0 Å². The zero-order valence-electron chi connectivity index (χ0n) is 10.1. The van der Waals surface area contributed by atoms with Crippen LogP contribution in [0.4, 0.5) is 0 Å². The van der Waals surface area contributed by atoms with Gasteiger partial charge in [-0.05, 0) is 39.0 Å². The molecular formula is C13H15ClN2O. The quantitative estimate of drug-likeness (QED) is 0.803. The molecule has 0 aliphatic rings. The van der Waals surface area contributed by atoms with Crippen LogP contribution in [0, 0.1) is 0 Å². The van der Waals surface area contributed by atoms with E-state index in [0.29, 0.717) is 16.5 Å². The van der Waals surface area contributed by atoms with Gasteiger partial charge in [0.05, 0.1) is 17.9 Å². The van der Waals surface area contributed by atoms with Crippen molar-refractivity contribution in [3.63, 3.8) is 0 Å². The van der Waals surface area contributed by atoms with Crippen LogP contribution in [0.1, 0.15) is 20.8 Å². The smallest absolute Gasteiger partial charge is 0.165 e. The first kappa shape index (κ1) is 12.0. The second-order valence-electron chi connectivity index (χ2n) is 4.85. The molecule has 1 aromatic carbocycles. The molecule has 90 valence electrons. The van der Waals surface area contributed by atoms with Gasteiger partial charge in [0.2, 0.25) is 0 Å². The maximum atomic E-state index is 5.89. The molecule has 1 heterocycles. The number of hydrogen-bond acceptors (Lipinski definition) is 2. The molecule has 4 heteroatoms. The molecule has 0 unspecified atom stereocenters. The SMILES string of the molecule is CC(C)(C)n1cc(Oc2cccc(Cl)c2)cn1. The van der Waals surface area contributed by atoms with Crippen LogP contribution in [0.5, 0.6) is 11.5 Å². The van der Waals surface area contributed by atoms with Gasteiger partial charge in [0, 0.05) is 5.02 Å². The van der Waals surface area contributed by atoms with Crippen molar-refractivity contribution < 1.29 is 4.74 Å². The molecule has 0 spiro atoms. The molecule has 0 saturated heterocycles. The number of nitrogens with zero attached hydrogens (tertiary/aromatic N) is 2. The average molecular weight is 251 g/mol. The molecule has 3 nitrogen and oxygen atoms in total. The van der Waals surface area contributed by atoms with Crippen LogP contribution in [0.3, 0.4) is 0 Å². The number of ether oxygens (including phenoxy) is 1. The number of hydrogen-bond donors (Lipinski definition) is 0. The Morgan fingerprint density at radius 3 is 2.59 bits per heavy atom. The summed E-state index contributed by atoms with van der Waals surface area (Å²) >= 11 is 5.89. The Balaban J connectivity index is 2.17. The lowest BCUT2D eigenvalue weighted by Crippen LogP contribution is -2.21. The monoisotopic (exact) mass is 250 g/mol. The summed E-state index contributed by atoms with van der Waals surface area (Å²) in [6, 6.07) is 7.30. The summed E-state index contributed by atoms with van der Waals surface area (Å²) in [4.78, 5) is 0. The number of rotatable bonds is 2. The molecule has 0 aliphatic carbocycles.